The summed E-state index contributed by atoms with van der Waals surface area (Å²) in [4.78, 5) is 40.5. The van der Waals surface area contributed by atoms with Crippen LogP contribution in [-0.2, 0) is 14.4 Å². The van der Waals surface area contributed by atoms with Crippen molar-refractivity contribution in [2.75, 3.05) is 18.8 Å². The molecule has 0 aromatic carbocycles. The molecule has 196 valence electrons. The first kappa shape index (κ1) is 27.6. The zero-order valence-electron chi connectivity index (χ0n) is 21.9. The Bertz CT molecular complexity index is 925. The van der Waals surface area contributed by atoms with E-state index in [1.54, 1.807) is 4.90 Å². The third-order valence-electron chi connectivity index (χ3n) is 7.70. The average Bonchev–Trinajstić information content (AvgIpc) is 3.11. The lowest BCUT2D eigenvalue weighted by molar-refractivity contribution is -0.141. The van der Waals surface area contributed by atoms with E-state index in [4.69, 9.17) is 5.73 Å². The van der Waals surface area contributed by atoms with Gasteiger partial charge in [-0.2, -0.15) is 16.6 Å². The number of amides is 3. The van der Waals surface area contributed by atoms with Crippen molar-refractivity contribution < 1.29 is 14.4 Å². The van der Waals surface area contributed by atoms with Crippen molar-refractivity contribution in [1.29, 1.82) is 5.26 Å². The van der Waals surface area contributed by atoms with Crippen LogP contribution in [0.4, 0.5) is 0 Å². The smallest absolute Gasteiger partial charge is 0.244 e. The van der Waals surface area contributed by atoms with E-state index >= 15 is 0 Å². The first-order valence-corrected chi connectivity index (χ1v) is 13.7. The van der Waals surface area contributed by atoms with Gasteiger partial charge < -0.3 is 15.5 Å². The Balaban J connectivity index is 1.66. The maximum atomic E-state index is 13.4. The fraction of sp³-hybridized carbons (Fsp3) is 0.800. The predicted molar refractivity (Wildman–Crippen MR) is 139 cm³/mol. The van der Waals surface area contributed by atoms with Crippen LogP contribution in [0.2, 0.25) is 0 Å². The lowest BCUT2D eigenvalue weighted by atomic mass is 9.90. The number of rotatable bonds is 9. The van der Waals surface area contributed by atoms with E-state index < -0.39 is 12.1 Å². The van der Waals surface area contributed by atoms with E-state index in [1.165, 1.54) is 0 Å². The molecule has 9 nitrogen and oxygen atoms in total. The molecule has 2 aliphatic heterocycles. The Morgan fingerprint density at radius 3 is 2.60 bits per heavy atom. The van der Waals surface area contributed by atoms with Crippen molar-refractivity contribution in [2.24, 2.45) is 34.3 Å². The van der Waals surface area contributed by atoms with E-state index in [9.17, 15) is 19.6 Å². The highest BCUT2D eigenvalue weighted by Gasteiger charge is 2.69. The van der Waals surface area contributed by atoms with E-state index in [0.29, 0.717) is 37.5 Å². The van der Waals surface area contributed by atoms with Gasteiger partial charge in [-0.1, -0.05) is 27.7 Å². The third kappa shape index (κ3) is 6.43. The van der Waals surface area contributed by atoms with Crippen LogP contribution in [0.25, 0.3) is 0 Å². The molecule has 0 bridgehead atoms. The van der Waals surface area contributed by atoms with Crippen molar-refractivity contribution in [3.05, 3.63) is 0 Å². The molecule has 3 rings (SSSR count). The Morgan fingerprint density at radius 2 is 2.03 bits per heavy atom. The normalized spacial score (nSPS) is 28.6. The minimum absolute atomic E-state index is 0.00761. The zero-order valence-corrected chi connectivity index (χ0v) is 22.7. The molecule has 2 saturated heterocycles. The fourth-order valence-corrected chi connectivity index (χ4v) is 6.67. The molecule has 5 N–H and O–H groups in total. The van der Waals surface area contributed by atoms with Gasteiger partial charge in [-0.05, 0) is 55.1 Å². The van der Waals surface area contributed by atoms with E-state index in [1.807, 2.05) is 13.8 Å². The minimum atomic E-state index is -0.753. The van der Waals surface area contributed by atoms with Crippen molar-refractivity contribution in [3.63, 3.8) is 0 Å². The van der Waals surface area contributed by atoms with Gasteiger partial charge in [0.15, 0.2) is 0 Å². The molecular weight excluding hydrogens is 464 g/mol. The molecule has 2 heterocycles. The highest BCUT2D eigenvalue weighted by atomic mass is 32.1. The maximum Gasteiger partial charge on any atom is 0.244 e. The van der Waals surface area contributed by atoms with Gasteiger partial charge in [0.2, 0.25) is 17.7 Å². The second kappa shape index (κ2) is 10.6. The number of hydrogen-bond donors (Lipinski definition) is 5. The Kier molecular flexibility index (Phi) is 8.34. The number of nitriles is 1. The molecule has 0 radical (unpaired) electrons. The van der Waals surface area contributed by atoms with Crippen LogP contribution in [0.15, 0.2) is 0 Å². The molecule has 3 amide bonds. The summed E-state index contributed by atoms with van der Waals surface area (Å²) in [6.45, 7) is 13.6. The second-order valence-electron chi connectivity index (χ2n) is 12.0. The summed E-state index contributed by atoms with van der Waals surface area (Å²) in [7, 11) is 0. The minimum Gasteiger partial charge on any atom is -0.356 e. The summed E-state index contributed by atoms with van der Waals surface area (Å²) in [6.07, 6.45) is 1.28. The fourth-order valence-electron chi connectivity index (χ4n) is 5.61. The van der Waals surface area contributed by atoms with Crippen molar-refractivity contribution in [2.45, 2.75) is 78.9 Å². The van der Waals surface area contributed by atoms with E-state index in [2.05, 4.69) is 49.7 Å². The number of nitrogens with one attached hydrogen (secondary N) is 3. The molecule has 1 saturated carbocycles. The number of nitrogens with two attached hydrogens (primary N) is 1. The SMILES string of the molecule is CC(C)N/C(N)=[SH]/CC(C)(C)CC(=O)N1C[C@H]2[C@@H]([C@H]1C(=O)N[C@H](C#N)C[C@@H]1CCNC1=O)C2(C)C. The van der Waals surface area contributed by atoms with Gasteiger partial charge >= 0.3 is 0 Å². The Morgan fingerprint density at radius 1 is 1.34 bits per heavy atom. The summed E-state index contributed by atoms with van der Waals surface area (Å²) >= 11 is 0.954. The first-order chi connectivity index (χ1) is 16.3. The maximum absolute atomic E-state index is 13.4. The second-order valence-corrected chi connectivity index (χ2v) is 13.1. The summed E-state index contributed by atoms with van der Waals surface area (Å²) in [6, 6.07) is 1.06. The topological polar surface area (TPSA) is 140 Å². The Labute approximate surface area is 212 Å². The summed E-state index contributed by atoms with van der Waals surface area (Å²) in [5.41, 5.74) is 5.78. The molecule has 0 unspecified atom stereocenters. The summed E-state index contributed by atoms with van der Waals surface area (Å²) in [5.74, 6) is 0.449. The van der Waals surface area contributed by atoms with Gasteiger partial charge in [0.05, 0.1) is 11.2 Å². The van der Waals surface area contributed by atoms with Crippen molar-refractivity contribution in [3.8, 4) is 6.07 Å². The van der Waals surface area contributed by atoms with Crippen LogP contribution in [0.1, 0.15) is 60.8 Å². The molecular formula is C25H42N6O3S. The monoisotopic (exact) mass is 506 g/mol. The van der Waals surface area contributed by atoms with Gasteiger partial charge in [0.25, 0.3) is 0 Å². The van der Waals surface area contributed by atoms with Crippen LogP contribution in [0.3, 0.4) is 0 Å². The molecule has 3 aliphatic rings. The number of fused-ring (bicyclic) bond motifs is 1. The molecule has 3 fully saturated rings. The highest BCUT2D eigenvalue weighted by Crippen LogP contribution is 2.65. The van der Waals surface area contributed by atoms with Gasteiger partial charge in [0.1, 0.15) is 12.1 Å². The van der Waals surface area contributed by atoms with Crippen LogP contribution in [0, 0.1) is 39.9 Å². The van der Waals surface area contributed by atoms with Crippen molar-refractivity contribution >= 4 is 34.2 Å². The zero-order chi connectivity index (χ0) is 26.1. The quantitative estimate of drug-likeness (QED) is 0.233. The summed E-state index contributed by atoms with van der Waals surface area (Å²) in [5, 5.41) is 19.2. The largest absolute Gasteiger partial charge is 0.356 e. The lowest BCUT2D eigenvalue weighted by Gasteiger charge is -2.33. The van der Waals surface area contributed by atoms with Gasteiger partial charge in [-0.15, -0.1) is 0 Å². The molecule has 0 spiro atoms. The molecule has 1 aliphatic carbocycles. The van der Waals surface area contributed by atoms with Gasteiger partial charge in [-0.3, -0.25) is 25.4 Å². The van der Waals surface area contributed by atoms with E-state index in [0.717, 1.165) is 17.1 Å². The average molecular weight is 507 g/mol. The highest BCUT2D eigenvalue weighted by molar-refractivity contribution is 7.98. The summed E-state index contributed by atoms with van der Waals surface area (Å²) < 4.78 is 0. The van der Waals surface area contributed by atoms with Crippen LogP contribution in [0.5, 0.6) is 0 Å². The number of nitrogens with zero attached hydrogens (tertiary/aromatic N) is 2. The number of hydrogen-bond acceptors (Lipinski definition) is 4. The number of carbonyl (C=O) groups excluding carboxylic acids is 3. The van der Waals surface area contributed by atoms with Crippen LogP contribution in [-0.4, -0.2) is 64.7 Å². The number of likely N-dealkylation sites (tertiary alicyclic amines) is 1. The molecule has 10 heteroatoms. The number of piperidine rings is 1. The number of thiol groups is 1. The van der Waals surface area contributed by atoms with Crippen molar-refractivity contribution in [1.82, 2.24) is 20.9 Å². The number of carbonyl (C=O) groups is 3. The molecule has 0 aromatic heterocycles. The van der Waals surface area contributed by atoms with Crippen LogP contribution >= 0.6 is 11.4 Å². The predicted octanol–water partition coefficient (Wildman–Crippen LogP) is 0.930. The lowest BCUT2D eigenvalue weighted by Crippen LogP contribution is -2.52. The molecule has 35 heavy (non-hydrogen) atoms. The van der Waals surface area contributed by atoms with Gasteiger partial charge in [0, 0.05) is 31.5 Å². The van der Waals surface area contributed by atoms with Gasteiger partial charge in [-0.25, -0.2) is 0 Å². The Hall–Kier alpha value is -1.96. The van der Waals surface area contributed by atoms with Crippen LogP contribution < -0.4 is 21.7 Å². The standard InChI is InChI=1S/C25H42N6O3S/c1-14(2)29-23(27)35-13-24(3,4)10-18(32)31-12-17-19(25(17,5)6)20(31)22(34)30-16(11-26)9-15-7-8-28-21(15)33/h14-17,19-20,29,35H,7-10,12-13,27H2,1-6H3,(H,28,33)(H,30,34)/t15-,16-,17-,19-,20-/m0/s1. The molecule has 5 atom stereocenters. The van der Waals surface area contributed by atoms with E-state index in [-0.39, 0.29) is 52.3 Å². The third-order valence-corrected chi connectivity index (χ3v) is 9.18. The molecule has 0 aromatic rings. The first-order valence-electron chi connectivity index (χ1n) is 12.6.